The van der Waals surface area contributed by atoms with Crippen LogP contribution < -0.4 is 4.90 Å². The monoisotopic (exact) mass is 307 g/mol. The van der Waals surface area contributed by atoms with E-state index >= 15 is 0 Å². The third-order valence-corrected chi connectivity index (χ3v) is 4.36. The zero-order valence-electron chi connectivity index (χ0n) is 12.4. The molecule has 3 nitrogen and oxygen atoms in total. The van der Waals surface area contributed by atoms with Crippen LogP contribution in [0.2, 0.25) is 5.02 Å². The van der Waals surface area contributed by atoms with Crippen molar-refractivity contribution in [1.82, 2.24) is 0 Å². The summed E-state index contributed by atoms with van der Waals surface area (Å²) in [4.78, 5) is 12.7. The average Bonchev–Trinajstić information content (AvgIpc) is 2.46. The Morgan fingerprint density at radius 2 is 2.10 bits per heavy atom. The van der Waals surface area contributed by atoms with Crippen molar-refractivity contribution < 1.29 is 9.90 Å². The van der Waals surface area contributed by atoms with Gasteiger partial charge in [0.05, 0.1) is 10.7 Å². The van der Waals surface area contributed by atoms with Crippen LogP contribution in [0.25, 0.3) is 6.08 Å². The molecule has 2 rings (SSSR count). The lowest BCUT2D eigenvalue weighted by molar-refractivity contribution is -0.131. The van der Waals surface area contributed by atoms with Crippen molar-refractivity contribution in [3.63, 3.8) is 0 Å². The van der Waals surface area contributed by atoms with Crippen LogP contribution in [0.15, 0.2) is 24.3 Å². The molecule has 0 spiro atoms. The Morgan fingerprint density at radius 1 is 1.38 bits per heavy atom. The van der Waals surface area contributed by atoms with Gasteiger partial charge >= 0.3 is 5.97 Å². The molecule has 1 saturated carbocycles. The van der Waals surface area contributed by atoms with Gasteiger partial charge in [0.1, 0.15) is 0 Å². The van der Waals surface area contributed by atoms with E-state index in [1.54, 1.807) is 6.08 Å². The lowest BCUT2D eigenvalue weighted by Crippen LogP contribution is -2.27. The summed E-state index contributed by atoms with van der Waals surface area (Å²) in [6.07, 6.45) is 9.33. The highest BCUT2D eigenvalue weighted by molar-refractivity contribution is 6.33. The van der Waals surface area contributed by atoms with Crippen LogP contribution in [-0.4, -0.2) is 24.7 Å². The molecule has 0 amide bonds. The highest BCUT2D eigenvalue weighted by Gasteiger charge is 2.16. The molecule has 4 heteroatoms. The number of carboxylic acids is 1. The molecule has 0 saturated heterocycles. The van der Waals surface area contributed by atoms with Gasteiger partial charge in [-0.3, -0.25) is 0 Å². The maximum absolute atomic E-state index is 10.5. The number of carboxylic acid groups (broad SMARTS) is 1. The molecule has 0 aliphatic heterocycles. The summed E-state index contributed by atoms with van der Waals surface area (Å²) in [5.41, 5.74) is 1.81. The maximum Gasteiger partial charge on any atom is 0.328 e. The fourth-order valence-corrected chi connectivity index (χ4v) is 3.29. The van der Waals surface area contributed by atoms with Gasteiger partial charge in [-0.1, -0.05) is 36.9 Å². The molecule has 0 unspecified atom stereocenters. The van der Waals surface area contributed by atoms with Crippen LogP contribution in [0.5, 0.6) is 0 Å². The van der Waals surface area contributed by atoms with Crippen molar-refractivity contribution in [1.29, 1.82) is 0 Å². The van der Waals surface area contributed by atoms with E-state index in [4.69, 9.17) is 16.7 Å². The molecule has 21 heavy (non-hydrogen) atoms. The van der Waals surface area contributed by atoms with E-state index in [9.17, 15) is 4.79 Å². The molecule has 0 aromatic heterocycles. The minimum atomic E-state index is -0.954. The number of anilines is 1. The highest BCUT2D eigenvalue weighted by Crippen LogP contribution is 2.30. The number of rotatable bonds is 5. The van der Waals surface area contributed by atoms with Gasteiger partial charge in [-0.05, 0) is 42.5 Å². The lowest BCUT2D eigenvalue weighted by Gasteiger charge is -2.29. The molecule has 0 atom stereocenters. The van der Waals surface area contributed by atoms with Crippen LogP contribution in [0.3, 0.4) is 0 Å². The van der Waals surface area contributed by atoms with Gasteiger partial charge in [-0.2, -0.15) is 0 Å². The van der Waals surface area contributed by atoms with Crippen molar-refractivity contribution in [2.45, 2.75) is 32.1 Å². The third kappa shape index (κ3) is 4.78. The number of hydrogen-bond acceptors (Lipinski definition) is 2. The molecule has 0 radical (unpaired) electrons. The summed E-state index contributed by atoms with van der Waals surface area (Å²) in [5, 5.41) is 9.31. The van der Waals surface area contributed by atoms with Crippen LogP contribution in [0.1, 0.15) is 37.7 Å². The van der Waals surface area contributed by atoms with E-state index in [1.807, 2.05) is 18.2 Å². The summed E-state index contributed by atoms with van der Waals surface area (Å²) in [6.45, 7) is 1.03. The Morgan fingerprint density at radius 3 is 2.71 bits per heavy atom. The third-order valence-electron chi connectivity index (χ3n) is 4.06. The molecule has 1 aliphatic carbocycles. The largest absolute Gasteiger partial charge is 0.478 e. The van der Waals surface area contributed by atoms with E-state index in [0.717, 1.165) is 29.8 Å². The van der Waals surface area contributed by atoms with E-state index in [2.05, 4.69) is 11.9 Å². The molecule has 1 N–H and O–H groups in total. The molecule has 0 bridgehead atoms. The molecule has 1 fully saturated rings. The first-order chi connectivity index (χ1) is 10.1. The number of hydrogen-bond donors (Lipinski definition) is 1. The van der Waals surface area contributed by atoms with E-state index < -0.39 is 5.97 Å². The van der Waals surface area contributed by atoms with E-state index in [0.29, 0.717) is 5.02 Å². The standard InChI is InChI=1S/C17H22ClNO2/c1-19(12-14-5-3-2-4-6-14)16-9-7-13(11-15(16)18)8-10-17(20)21/h7-11,14H,2-6,12H2,1H3,(H,20,21)/b10-8+. The Bertz CT molecular complexity index is 522. The maximum atomic E-state index is 10.5. The molecule has 1 aromatic carbocycles. The van der Waals surface area contributed by atoms with Crippen molar-refractivity contribution in [3.8, 4) is 0 Å². The Labute approximate surface area is 131 Å². The van der Waals surface area contributed by atoms with Gasteiger partial charge in [-0.25, -0.2) is 4.79 Å². The quantitative estimate of drug-likeness (QED) is 0.817. The molecule has 1 aliphatic rings. The van der Waals surface area contributed by atoms with Gasteiger partial charge < -0.3 is 10.0 Å². The minimum absolute atomic E-state index is 0.667. The fraction of sp³-hybridized carbons (Fsp3) is 0.471. The van der Waals surface area contributed by atoms with Gasteiger partial charge in [0.2, 0.25) is 0 Å². The van der Waals surface area contributed by atoms with Crippen molar-refractivity contribution in [2.24, 2.45) is 5.92 Å². The molecule has 0 heterocycles. The van der Waals surface area contributed by atoms with E-state index in [1.165, 1.54) is 32.1 Å². The summed E-state index contributed by atoms with van der Waals surface area (Å²) in [7, 11) is 2.07. The Balaban J connectivity index is 2.03. The zero-order valence-corrected chi connectivity index (χ0v) is 13.1. The first-order valence-electron chi connectivity index (χ1n) is 7.48. The highest BCUT2D eigenvalue weighted by atomic mass is 35.5. The summed E-state index contributed by atoms with van der Waals surface area (Å²) < 4.78 is 0. The summed E-state index contributed by atoms with van der Waals surface area (Å²) in [6, 6.07) is 5.68. The number of aliphatic carboxylic acids is 1. The van der Waals surface area contributed by atoms with Gasteiger partial charge in [0, 0.05) is 19.7 Å². The van der Waals surface area contributed by atoms with Crippen LogP contribution in [-0.2, 0) is 4.79 Å². The molecular weight excluding hydrogens is 286 g/mol. The number of halogens is 1. The lowest BCUT2D eigenvalue weighted by atomic mass is 9.89. The minimum Gasteiger partial charge on any atom is -0.478 e. The fourth-order valence-electron chi connectivity index (χ4n) is 2.96. The number of benzene rings is 1. The van der Waals surface area contributed by atoms with Crippen LogP contribution >= 0.6 is 11.6 Å². The predicted octanol–water partition coefficient (Wildman–Crippen LogP) is 4.45. The first kappa shape index (κ1) is 15.9. The second-order valence-electron chi connectivity index (χ2n) is 5.77. The van der Waals surface area contributed by atoms with E-state index in [-0.39, 0.29) is 0 Å². The molecule has 114 valence electrons. The second kappa shape index (κ2) is 7.51. The topological polar surface area (TPSA) is 40.5 Å². The summed E-state index contributed by atoms with van der Waals surface area (Å²) >= 11 is 6.33. The smallest absolute Gasteiger partial charge is 0.328 e. The van der Waals surface area contributed by atoms with Crippen LogP contribution in [0, 0.1) is 5.92 Å². The average molecular weight is 308 g/mol. The van der Waals surface area contributed by atoms with Crippen molar-refractivity contribution in [2.75, 3.05) is 18.5 Å². The first-order valence-corrected chi connectivity index (χ1v) is 7.86. The van der Waals surface area contributed by atoms with Gasteiger partial charge in [-0.15, -0.1) is 0 Å². The van der Waals surface area contributed by atoms with Crippen molar-refractivity contribution in [3.05, 3.63) is 34.9 Å². The predicted molar refractivity (Wildman–Crippen MR) is 88.0 cm³/mol. The second-order valence-corrected chi connectivity index (χ2v) is 6.17. The normalized spacial score (nSPS) is 16.3. The Hall–Kier alpha value is -1.48. The molecular formula is C17H22ClNO2. The molecule has 1 aromatic rings. The van der Waals surface area contributed by atoms with Gasteiger partial charge in [0.15, 0.2) is 0 Å². The van der Waals surface area contributed by atoms with Crippen molar-refractivity contribution >= 4 is 29.3 Å². The van der Waals surface area contributed by atoms with Crippen LogP contribution in [0.4, 0.5) is 5.69 Å². The Kier molecular flexibility index (Phi) is 5.68. The zero-order chi connectivity index (χ0) is 15.2. The SMILES string of the molecule is CN(CC1CCCCC1)c1ccc(/C=C/C(=O)O)cc1Cl. The number of nitrogens with zero attached hydrogens (tertiary/aromatic N) is 1. The number of carbonyl (C=O) groups is 1. The summed E-state index contributed by atoms with van der Waals surface area (Å²) in [5.74, 6) is -0.198. The van der Waals surface area contributed by atoms with Gasteiger partial charge in [0.25, 0.3) is 0 Å².